The van der Waals surface area contributed by atoms with Crippen molar-refractivity contribution >= 4 is 43.6 Å². The molecule has 0 N–H and O–H groups in total. The van der Waals surface area contributed by atoms with Crippen LogP contribution < -0.4 is 0 Å². The van der Waals surface area contributed by atoms with Crippen LogP contribution in [-0.2, 0) is 17.0 Å². The van der Waals surface area contributed by atoms with Gasteiger partial charge >= 0.3 is 6.18 Å². The molecule has 264 valence electrons. The molecule has 2 aromatic heterocycles. The topological polar surface area (TPSA) is 33.6 Å². The molecule has 2 heterocycles. The summed E-state index contributed by atoms with van der Waals surface area (Å²) in [5.74, 6) is 0. The van der Waals surface area contributed by atoms with Crippen LogP contribution in [0, 0.1) is 18.3 Å². The molecular weight excluding hydrogens is 664 g/mol. The van der Waals surface area contributed by atoms with Crippen molar-refractivity contribution in [1.29, 1.82) is 5.26 Å². The summed E-state index contributed by atoms with van der Waals surface area (Å²) in [4.78, 5) is 0. The summed E-state index contributed by atoms with van der Waals surface area (Å²) in [7, 11) is 0. The van der Waals surface area contributed by atoms with E-state index >= 15 is 0 Å². The highest BCUT2D eigenvalue weighted by atomic mass is 19.4. The van der Waals surface area contributed by atoms with Crippen molar-refractivity contribution in [3.63, 3.8) is 0 Å². The first-order valence-corrected chi connectivity index (χ1v) is 17.9. The molecule has 0 radical (unpaired) electrons. The fourth-order valence-corrected chi connectivity index (χ4v) is 7.82. The Morgan fingerprint density at radius 2 is 0.943 bits per heavy atom. The molecule has 6 heteroatoms. The lowest BCUT2D eigenvalue weighted by molar-refractivity contribution is -0.137. The lowest BCUT2D eigenvalue weighted by Crippen LogP contribution is -2.11. The minimum absolute atomic E-state index is 0.143. The van der Waals surface area contributed by atoms with Gasteiger partial charge in [0.25, 0.3) is 0 Å². The minimum Gasteiger partial charge on any atom is -0.308 e. The van der Waals surface area contributed by atoms with Crippen LogP contribution >= 0.6 is 0 Å². The van der Waals surface area contributed by atoms with Gasteiger partial charge in [0, 0.05) is 27.1 Å². The number of hydrogen-bond donors (Lipinski definition) is 0. The molecule has 0 atom stereocenters. The highest BCUT2D eigenvalue weighted by Crippen LogP contribution is 2.45. The molecular formula is C47H40F3N3. The number of nitrogens with zero attached hydrogens (tertiary/aromatic N) is 3. The number of halogens is 3. The van der Waals surface area contributed by atoms with Crippen LogP contribution in [0.1, 0.15) is 69.4 Å². The molecule has 0 fully saturated rings. The van der Waals surface area contributed by atoms with E-state index in [1.807, 2.05) is 36.4 Å². The first-order chi connectivity index (χ1) is 25.1. The van der Waals surface area contributed by atoms with Crippen molar-refractivity contribution in [3.8, 4) is 28.6 Å². The average Bonchev–Trinajstić information content (AvgIpc) is 3.62. The van der Waals surface area contributed by atoms with Crippen molar-refractivity contribution in [2.24, 2.45) is 0 Å². The van der Waals surface area contributed by atoms with E-state index in [0.29, 0.717) is 16.7 Å². The van der Waals surface area contributed by atoms with Gasteiger partial charge in [-0.1, -0.05) is 108 Å². The second-order valence-corrected chi connectivity index (χ2v) is 16.2. The molecule has 8 rings (SSSR count). The van der Waals surface area contributed by atoms with Gasteiger partial charge in [0.15, 0.2) is 0 Å². The summed E-state index contributed by atoms with van der Waals surface area (Å²) < 4.78 is 46.8. The summed E-state index contributed by atoms with van der Waals surface area (Å²) in [6.45, 7) is 14.8. The molecule has 53 heavy (non-hydrogen) atoms. The predicted octanol–water partition coefficient (Wildman–Crippen LogP) is 13.3. The number of alkyl halides is 3. The zero-order chi connectivity index (χ0) is 37.6. The van der Waals surface area contributed by atoms with Crippen molar-refractivity contribution in [1.82, 2.24) is 9.13 Å². The second-order valence-electron chi connectivity index (χ2n) is 16.2. The maximum Gasteiger partial charge on any atom is 0.416 e. The highest BCUT2D eigenvalue weighted by Gasteiger charge is 2.32. The van der Waals surface area contributed by atoms with E-state index in [1.54, 1.807) is 13.0 Å². The zero-order valence-electron chi connectivity index (χ0n) is 30.9. The van der Waals surface area contributed by atoms with Gasteiger partial charge in [0.1, 0.15) is 0 Å². The second kappa shape index (κ2) is 11.9. The quantitative estimate of drug-likeness (QED) is 0.180. The van der Waals surface area contributed by atoms with E-state index in [1.165, 1.54) is 12.1 Å². The summed E-state index contributed by atoms with van der Waals surface area (Å²) in [5, 5.41) is 14.9. The summed E-state index contributed by atoms with van der Waals surface area (Å²) in [6.07, 6.45) is -4.49. The number of rotatable bonds is 3. The van der Waals surface area contributed by atoms with Crippen molar-refractivity contribution in [2.75, 3.05) is 0 Å². The number of aromatic nitrogens is 2. The summed E-state index contributed by atoms with van der Waals surface area (Å²) in [6, 6.07) is 39.7. The average molecular weight is 704 g/mol. The number of nitriles is 1. The molecule has 6 aromatic carbocycles. The van der Waals surface area contributed by atoms with Crippen LogP contribution in [0.5, 0.6) is 0 Å². The van der Waals surface area contributed by atoms with Crippen molar-refractivity contribution < 1.29 is 13.2 Å². The summed E-state index contributed by atoms with van der Waals surface area (Å²) >= 11 is 0. The molecule has 8 aromatic rings. The lowest BCUT2D eigenvalue weighted by Gasteiger charge is -2.24. The molecule has 0 unspecified atom stereocenters. The van der Waals surface area contributed by atoms with Gasteiger partial charge in [0.05, 0.1) is 50.6 Å². The van der Waals surface area contributed by atoms with Gasteiger partial charge in [-0.3, -0.25) is 0 Å². The third-order valence-electron chi connectivity index (χ3n) is 10.6. The molecule has 0 aliphatic rings. The third-order valence-corrected chi connectivity index (χ3v) is 10.6. The molecule has 0 saturated heterocycles. The Kier molecular flexibility index (Phi) is 7.68. The van der Waals surface area contributed by atoms with Gasteiger partial charge in [0.2, 0.25) is 0 Å². The van der Waals surface area contributed by atoms with E-state index < -0.39 is 11.7 Å². The normalized spacial score (nSPS) is 12.7. The molecule has 0 aliphatic carbocycles. The highest BCUT2D eigenvalue weighted by molar-refractivity contribution is 6.12. The fourth-order valence-electron chi connectivity index (χ4n) is 7.82. The number of aryl methyl sites for hydroxylation is 1. The Labute approximate surface area is 307 Å². The van der Waals surface area contributed by atoms with Crippen LogP contribution in [0.3, 0.4) is 0 Å². The van der Waals surface area contributed by atoms with Crippen molar-refractivity contribution in [3.05, 3.63) is 143 Å². The van der Waals surface area contributed by atoms with Crippen LogP contribution in [0.15, 0.2) is 115 Å². The Balaban J connectivity index is 1.61. The maximum absolute atomic E-state index is 14.1. The SMILES string of the molecule is Cc1cc(C(F)(F)F)ccc1-c1c(-n2c3ccccc3c3ccc(C(C)(C)C)cc32)cc(C#N)cc1-n1c2ccccc2c2ccc(C(C)(C)C)cc21. The molecule has 0 bridgehead atoms. The minimum atomic E-state index is -4.49. The fraction of sp³-hybridized carbons (Fsp3) is 0.213. The molecule has 0 spiro atoms. The van der Waals surface area contributed by atoms with Crippen LogP contribution in [-0.4, -0.2) is 9.13 Å². The third kappa shape index (κ3) is 5.58. The van der Waals surface area contributed by atoms with Gasteiger partial charge < -0.3 is 9.13 Å². The predicted molar refractivity (Wildman–Crippen MR) is 212 cm³/mol. The first-order valence-electron chi connectivity index (χ1n) is 17.9. The van der Waals surface area contributed by atoms with E-state index in [-0.39, 0.29) is 10.8 Å². The van der Waals surface area contributed by atoms with Crippen LogP contribution in [0.25, 0.3) is 66.1 Å². The standard InChI is InChI=1S/C47H40F3N3/c1-28-22-32(47(48,49)50)18-19-33(28)44-42(52-38-14-10-8-12-34(38)36-20-16-30(25-40(36)52)45(2,3)4)23-29(27-51)24-43(44)53-39-15-11-9-13-35(39)37-21-17-31(26-41(37)53)46(5,6)7/h8-26H,1-7H3. The molecule has 3 nitrogen and oxygen atoms in total. The Hall–Kier alpha value is -5.80. The number of fused-ring (bicyclic) bond motifs is 6. The van der Waals surface area contributed by atoms with E-state index in [4.69, 9.17) is 0 Å². The Morgan fingerprint density at radius 3 is 1.36 bits per heavy atom. The maximum atomic E-state index is 14.1. The number of para-hydroxylation sites is 2. The van der Waals surface area contributed by atoms with Crippen molar-refractivity contribution in [2.45, 2.75) is 65.5 Å². The van der Waals surface area contributed by atoms with E-state index in [9.17, 15) is 18.4 Å². The van der Waals surface area contributed by atoms with Crippen LogP contribution in [0.4, 0.5) is 13.2 Å². The lowest BCUT2D eigenvalue weighted by atomic mass is 9.86. The first kappa shape index (κ1) is 34.3. The molecule has 0 amide bonds. The van der Waals surface area contributed by atoms with Gasteiger partial charge in [-0.2, -0.15) is 18.4 Å². The summed E-state index contributed by atoms with van der Waals surface area (Å²) in [5.41, 5.74) is 8.88. The zero-order valence-corrected chi connectivity index (χ0v) is 30.9. The largest absolute Gasteiger partial charge is 0.416 e. The number of benzene rings is 6. The Morgan fingerprint density at radius 1 is 0.509 bits per heavy atom. The number of hydrogen-bond acceptors (Lipinski definition) is 1. The van der Waals surface area contributed by atoms with Gasteiger partial charge in [-0.15, -0.1) is 0 Å². The molecule has 0 saturated carbocycles. The van der Waals surface area contributed by atoms with Gasteiger partial charge in [-0.25, -0.2) is 0 Å². The monoisotopic (exact) mass is 703 g/mol. The molecule has 0 aliphatic heterocycles. The van der Waals surface area contributed by atoms with Gasteiger partial charge in [-0.05, 0) is 88.5 Å². The smallest absolute Gasteiger partial charge is 0.308 e. The van der Waals surface area contributed by atoms with E-state index in [0.717, 1.165) is 71.7 Å². The van der Waals surface area contributed by atoms with E-state index in [2.05, 4.69) is 117 Å². The Bertz CT molecular complexity index is 2660. The van der Waals surface area contributed by atoms with Crippen LogP contribution in [0.2, 0.25) is 0 Å².